The van der Waals surface area contributed by atoms with E-state index in [1.165, 1.54) is 173 Å². The van der Waals surface area contributed by atoms with Crippen LogP contribution in [0.15, 0.2) is 48.6 Å². The third kappa shape index (κ3) is 52.8. The van der Waals surface area contributed by atoms with Gasteiger partial charge in [0, 0.05) is 12.8 Å². The van der Waals surface area contributed by atoms with Crippen molar-refractivity contribution in [3.05, 3.63) is 48.6 Å². The Bertz CT molecular complexity index is 1380. The van der Waals surface area contributed by atoms with Crippen LogP contribution >= 0.6 is 7.82 Å². The molecule has 0 radical (unpaired) electrons. The monoisotopic (exact) mass is 1030 g/mol. The van der Waals surface area contributed by atoms with Crippen molar-refractivity contribution in [2.24, 2.45) is 0 Å². The Hall–Kier alpha value is -2.03. The summed E-state index contributed by atoms with van der Waals surface area (Å²) in [5, 5.41) is 3.05. The maximum atomic E-state index is 13.5. The fraction of sp³-hybridized carbons (Fsp3) is 0.839. The minimum Gasteiger partial charge on any atom is -0.456 e. The van der Waals surface area contributed by atoms with Crippen molar-refractivity contribution in [1.82, 2.24) is 5.32 Å². The van der Waals surface area contributed by atoms with E-state index in [9.17, 15) is 19.0 Å². The number of hydrogen-bond donors (Lipinski definition) is 2. The zero-order chi connectivity index (χ0) is 52.9. The number of phosphoric acid groups is 1. The summed E-state index contributed by atoms with van der Waals surface area (Å²) in [6.45, 7) is 6.99. The van der Waals surface area contributed by atoms with Gasteiger partial charge in [-0.15, -0.1) is 0 Å². The number of likely N-dealkylation sites (N-methyl/N-ethyl adjacent to an activating group) is 1. The van der Waals surface area contributed by atoms with Gasteiger partial charge in [0.15, 0.2) is 0 Å². The minimum absolute atomic E-state index is 0.0380. The lowest BCUT2D eigenvalue weighted by Gasteiger charge is -2.27. The van der Waals surface area contributed by atoms with E-state index in [4.69, 9.17) is 13.8 Å². The quantitative estimate of drug-likeness (QED) is 0.0205. The largest absolute Gasteiger partial charge is 0.472 e. The van der Waals surface area contributed by atoms with Crippen LogP contribution in [0.1, 0.15) is 284 Å². The predicted molar refractivity (Wildman–Crippen MR) is 309 cm³/mol. The number of carbonyl (C=O) groups is 2. The number of phosphoric ester groups is 1. The third-order valence-electron chi connectivity index (χ3n) is 13.5. The van der Waals surface area contributed by atoms with Crippen LogP contribution in [0.4, 0.5) is 0 Å². The van der Waals surface area contributed by atoms with Crippen molar-refractivity contribution >= 4 is 19.7 Å². The molecule has 0 bridgehead atoms. The Morgan fingerprint density at radius 2 is 0.847 bits per heavy atom. The molecule has 0 heterocycles. The maximum absolute atomic E-state index is 13.5. The summed E-state index contributed by atoms with van der Waals surface area (Å²) in [5.41, 5.74) is 0. The molecule has 0 aromatic heterocycles. The van der Waals surface area contributed by atoms with Gasteiger partial charge < -0.3 is 19.4 Å². The van der Waals surface area contributed by atoms with Gasteiger partial charge in [-0.25, -0.2) is 4.57 Å². The highest BCUT2D eigenvalue weighted by Gasteiger charge is 2.30. The second-order valence-corrected chi connectivity index (χ2v) is 23.3. The highest BCUT2D eigenvalue weighted by Crippen LogP contribution is 2.43. The van der Waals surface area contributed by atoms with Gasteiger partial charge >= 0.3 is 13.8 Å². The molecule has 0 aromatic rings. The molecule has 2 N–H and O–H groups in total. The van der Waals surface area contributed by atoms with Crippen LogP contribution in [0.3, 0.4) is 0 Å². The molecule has 0 aliphatic heterocycles. The number of nitrogens with zero attached hydrogens (tertiary/aromatic N) is 1. The van der Waals surface area contributed by atoms with Crippen molar-refractivity contribution in [2.45, 2.75) is 296 Å². The Balaban J connectivity index is 5.30. The molecule has 0 saturated carbocycles. The topological polar surface area (TPSA) is 111 Å². The number of unbranched alkanes of at least 4 members (excludes halogenated alkanes) is 33. The first kappa shape index (κ1) is 70.0. The Morgan fingerprint density at radius 3 is 1.29 bits per heavy atom. The zero-order valence-electron chi connectivity index (χ0n) is 48.2. The second kappa shape index (κ2) is 52.4. The number of esters is 1. The van der Waals surface area contributed by atoms with E-state index in [2.05, 4.69) is 62.5 Å². The Morgan fingerprint density at radius 1 is 0.486 bits per heavy atom. The number of hydrogen-bond acceptors (Lipinski definition) is 6. The van der Waals surface area contributed by atoms with E-state index in [1.807, 2.05) is 33.3 Å². The van der Waals surface area contributed by atoms with Gasteiger partial charge in [0.1, 0.15) is 19.3 Å². The highest BCUT2D eigenvalue weighted by atomic mass is 31.2. The summed E-state index contributed by atoms with van der Waals surface area (Å²) >= 11 is 0. The molecule has 0 spiro atoms. The highest BCUT2D eigenvalue weighted by molar-refractivity contribution is 7.47. The van der Waals surface area contributed by atoms with Crippen LogP contribution in [-0.2, 0) is 27.9 Å². The standard InChI is InChI=1S/C62H117N2O7P/c1-7-10-13-16-19-22-25-28-30-32-34-36-39-42-45-48-51-54-61(65)63-59(58-70-72(67,68)69-57-56-64(4,5)6)60(53-50-47-44-41-38-27-24-21-18-15-12-9-3)71-62(66)55-52-49-46-43-40-37-35-33-31-29-26-23-20-17-14-11-8-2/h19,22,28-31,50,53,59-60H,7-18,20-21,23-27,32-49,51-52,54-58H2,1-6H3,(H-,63,65,67,68)/p+1/b22-19-,30-28-,31-29+,53-50+. The van der Waals surface area contributed by atoms with Crippen molar-refractivity contribution in [1.29, 1.82) is 0 Å². The number of rotatable bonds is 55. The molecule has 0 aliphatic carbocycles. The van der Waals surface area contributed by atoms with Gasteiger partial charge in [0.25, 0.3) is 0 Å². The fourth-order valence-electron chi connectivity index (χ4n) is 8.73. The van der Waals surface area contributed by atoms with Crippen molar-refractivity contribution < 1.29 is 37.3 Å². The third-order valence-corrected chi connectivity index (χ3v) is 14.5. The second-order valence-electron chi connectivity index (χ2n) is 21.9. The Kier molecular flexibility index (Phi) is 50.9. The van der Waals surface area contributed by atoms with Crippen LogP contribution in [0.25, 0.3) is 0 Å². The summed E-state index contributed by atoms with van der Waals surface area (Å²) in [7, 11) is 1.49. The predicted octanol–water partition coefficient (Wildman–Crippen LogP) is 18.5. The van der Waals surface area contributed by atoms with Gasteiger partial charge in [-0.2, -0.15) is 0 Å². The van der Waals surface area contributed by atoms with E-state index in [0.29, 0.717) is 17.4 Å². The Labute approximate surface area is 446 Å². The molecule has 72 heavy (non-hydrogen) atoms. The number of ether oxygens (including phenoxy) is 1. The van der Waals surface area contributed by atoms with E-state index in [-0.39, 0.29) is 31.5 Å². The number of nitrogens with one attached hydrogen (secondary N) is 1. The lowest BCUT2D eigenvalue weighted by Crippen LogP contribution is -2.47. The molecule has 0 aliphatic rings. The van der Waals surface area contributed by atoms with Crippen molar-refractivity contribution in [2.75, 3.05) is 40.9 Å². The smallest absolute Gasteiger partial charge is 0.456 e. The first-order chi connectivity index (χ1) is 34.9. The van der Waals surface area contributed by atoms with Gasteiger partial charge in [-0.3, -0.25) is 18.6 Å². The molecule has 0 saturated heterocycles. The number of carbonyl (C=O) groups excluding carboxylic acids is 2. The van der Waals surface area contributed by atoms with Gasteiger partial charge in [0.2, 0.25) is 5.91 Å². The number of amides is 1. The molecule has 1 amide bonds. The normalized spacial score (nSPS) is 14.0. The summed E-state index contributed by atoms with van der Waals surface area (Å²) in [6.07, 6.45) is 63.8. The van der Waals surface area contributed by atoms with E-state index in [0.717, 1.165) is 77.0 Å². The van der Waals surface area contributed by atoms with Gasteiger partial charge in [0.05, 0.1) is 33.8 Å². The first-order valence-electron chi connectivity index (χ1n) is 30.5. The zero-order valence-corrected chi connectivity index (χ0v) is 49.1. The van der Waals surface area contributed by atoms with Gasteiger partial charge in [-0.1, -0.05) is 230 Å². The summed E-state index contributed by atoms with van der Waals surface area (Å²) in [6, 6.07) is -0.853. The number of allylic oxidation sites excluding steroid dienone is 7. The lowest BCUT2D eigenvalue weighted by molar-refractivity contribution is -0.870. The summed E-state index contributed by atoms with van der Waals surface area (Å²) in [5.74, 6) is -0.512. The summed E-state index contributed by atoms with van der Waals surface area (Å²) < 4.78 is 30.7. The summed E-state index contributed by atoms with van der Waals surface area (Å²) in [4.78, 5) is 37.7. The molecule has 3 unspecified atom stereocenters. The van der Waals surface area contributed by atoms with E-state index in [1.54, 1.807) is 0 Å². The number of quaternary nitrogens is 1. The molecule has 0 rings (SSSR count). The van der Waals surface area contributed by atoms with Crippen molar-refractivity contribution in [3.8, 4) is 0 Å². The molecule has 0 aromatic carbocycles. The van der Waals surface area contributed by atoms with Gasteiger partial charge in [-0.05, 0) is 89.5 Å². The van der Waals surface area contributed by atoms with Crippen LogP contribution in [-0.4, -0.2) is 74.3 Å². The molecule has 9 nitrogen and oxygen atoms in total. The van der Waals surface area contributed by atoms with E-state index < -0.39 is 20.0 Å². The average Bonchev–Trinajstić information content (AvgIpc) is 3.34. The lowest BCUT2D eigenvalue weighted by atomic mass is 10.0. The molecule has 422 valence electrons. The molecular weight excluding hydrogens is 916 g/mol. The average molecular weight is 1030 g/mol. The minimum atomic E-state index is -4.45. The van der Waals surface area contributed by atoms with Crippen LogP contribution in [0, 0.1) is 0 Å². The maximum Gasteiger partial charge on any atom is 0.472 e. The van der Waals surface area contributed by atoms with E-state index >= 15 is 0 Å². The molecule has 3 atom stereocenters. The van der Waals surface area contributed by atoms with Crippen LogP contribution in [0.2, 0.25) is 0 Å². The molecule has 0 fully saturated rings. The first-order valence-corrected chi connectivity index (χ1v) is 32.0. The SMILES string of the molecule is CCCCC/C=C\C/C=C\CCCCCCCCCC(=O)NC(COP(=O)(O)OCC[N+](C)(C)C)C(/C=C/CCCCCCCCCCCC)OC(=O)CCCCCCCCC/C=C/CCCCCCCC. The molecule has 10 heteroatoms. The van der Waals surface area contributed by atoms with Crippen molar-refractivity contribution in [3.63, 3.8) is 0 Å². The fourth-order valence-corrected chi connectivity index (χ4v) is 9.47. The van der Waals surface area contributed by atoms with Crippen LogP contribution < -0.4 is 5.32 Å². The molecular formula is C62H118N2O7P+. The van der Waals surface area contributed by atoms with Crippen LogP contribution in [0.5, 0.6) is 0 Å².